The maximum Gasteiger partial charge on any atom is 0.173 e. The number of aliphatic hydroxyl groups is 2. The van der Waals surface area contributed by atoms with E-state index in [-0.39, 0.29) is 25.0 Å². The van der Waals surface area contributed by atoms with Crippen LogP contribution in [0.3, 0.4) is 0 Å². The maximum absolute atomic E-state index is 9.22. The van der Waals surface area contributed by atoms with Gasteiger partial charge in [-0.3, -0.25) is 0 Å². The van der Waals surface area contributed by atoms with Gasteiger partial charge in [-0.1, -0.05) is 0 Å². The maximum atomic E-state index is 9.22. The summed E-state index contributed by atoms with van der Waals surface area (Å²) in [6, 6.07) is 0. The molecular weight excluding hydrogens is 172 g/mol. The van der Waals surface area contributed by atoms with Crippen LogP contribution in [0, 0.1) is 11.8 Å². The Morgan fingerprint density at radius 3 is 2.38 bits per heavy atom. The van der Waals surface area contributed by atoms with Crippen LogP contribution < -0.4 is 0 Å². The Hall–Kier alpha value is -0.160. The quantitative estimate of drug-likeness (QED) is 0.627. The molecular formula is C9H16O4. The smallest absolute Gasteiger partial charge is 0.173 e. The second kappa shape index (κ2) is 3.53. The van der Waals surface area contributed by atoms with Crippen LogP contribution in [0.1, 0.15) is 12.8 Å². The summed E-state index contributed by atoms with van der Waals surface area (Å²) in [6.45, 7) is 1.36. The van der Waals surface area contributed by atoms with Gasteiger partial charge in [0.25, 0.3) is 0 Å². The van der Waals surface area contributed by atoms with E-state index < -0.39 is 5.79 Å². The van der Waals surface area contributed by atoms with Gasteiger partial charge in [0.1, 0.15) is 0 Å². The third kappa shape index (κ3) is 1.38. The van der Waals surface area contributed by atoms with Crippen LogP contribution in [-0.4, -0.2) is 42.4 Å². The van der Waals surface area contributed by atoms with E-state index in [9.17, 15) is 5.11 Å². The lowest BCUT2D eigenvalue weighted by Crippen LogP contribution is -2.39. The first-order valence-electron chi connectivity index (χ1n) is 4.82. The molecule has 0 radical (unpaired) electrons. The largest absolute Gasteiger partial charge is 0.396 e. The van der Waals surface area contributed by atoms with E-state index in [4.69, 9.17) is 14.6 Å². The average molecular weight is 188 g/mol. The predicted molar refractivity (Wildman–Crippen MR) is 45.0 cm³/mol. The van der Waals surface area contributed by atoms with Gasteiger partial charge in [-0.15, -0.1) is 0 Å². The zero-order valence-corrected chi connectivity index (χ0v) is 7.61. The second-order valence-corrected chi connectivity index (χ2v) is 3.78. The summed E-state index contributed by atoms with van der Waals surface area (Å²) in [5.41, 5.74) is 0. The monoisotopic (exact) mass is 188 g/mol. The molecule has 1 aliphatic carbocycles. The van der Waals surface area contributed by atoms with Gasteiger partial charge in [0, 0.05) is 18.9 Å². The fourth-order valence-corrected chi connectivity index (χ4v) is 2.47. The lowest BCUT2D eigenvalue weighted by molar-refractivity contribution is -0.195. The first-order chi connectivity index (χ1) is 6.32. The number of ether oxygens (including phenoxy) is 2. The number of rotatable bonds is 2. The van der Waals surface area contributed by atoms with Crippen molar-refractivity contribution in [2.45, 2.75) is 18.6 Å². The van der Waals surface area contributed by atoms with Gasteiger partial charge in [0.15, 0.2) is 5.79 Å². The minimum absolute atomic E-state index is 0.0330. The van der Waals surface area contributed by atoms with E-state index in [1.165, 1.54) is 0 Å². The van der Waals surface area contributed by atoms with Crippen molar-refractivity contribution in [3.63, 3.8) is 0 Å². The van der Waals surface area contributed by atoms with Crippen molar-refractivity contribution in [3.05, 3.63) is 0 Å². The Kier molecular flexibility index (Phi) is 2.55. The van der Waals surface area contributed by atoms with E-state index >= 15 is 0 Å². The normalized spacial score (nSPS) is 37.4. The minimum atomic E-state index is -0.581. The lowest BCUT2D eigenvalue weighted by Gasteiger charge is -2.30. The van der Waals surface area contributed by atoms with Gasteiger partial charge in [-0.05, 0) is 12.3 Å². The molecule has 2 aliphatic rings. The standard InChI is InChI=1S/C9H16O4/c10-5-7-1-2-9(8(7)6-11)12-3-4-13-9/h7-8,10-11H,1-6H2/t7-,8-/m1/s1. The summed E-state index contributed by atoms with van der Waals surface area (Å²) in [5, 5.41) is 18.3. The topological polar surface area (TPSA) is 58.9 Å². The Morgan fingerprint density at radius 2 is 1.85 bits per heavy atom. The summed E-state index contributed by atoms with van der Waals surface area (Å²) >= 11 is 0. The van der Waals surface area contributed by atoms with E-state index in [2.05, 4.69) is 0 Å². The highest BCUT2D eigenvalue weighted by molar-refractivity contribution is 4.93. The lowest BCUT2D eigenvalue weighted by atomic mass is 9.94. The molecule has 1 saturated heterocycles. The molecule has 1 aliphatic heterocycles. The molecule has 0 aromatic heterocycles. The summed E-state index contributed by atoms with van der Waals surface area (Å²) in [6.07, 6.45) is 1.67. The molecule has 2 N–H and O–H groups in total. The minimum Gasteiger partial charge on any atom is -0.396 e. The molecule has 2 atom stereocenters. The highest BCUT2D eigenvalue weighted by atomic mass is 16.7. The molecule has 0 unspecified atom stereocenters. The highest BCUT2D eigenvalue weighted by Gasteiger charge is 2.52. The van der Waals surface area contributed by atoms with Crippen LogP contribution in [0.2, 0.25) is 0 Å². The zero-order valence-electron chi connectivity index (χ0n) is 7.61. The molecule has 13 heavy (non-hydrogen) atoms. The summed E-state index contributed by atoms with van der Waals surface area (Å²) in [4.78, 5) is 0. The SMILES string of the molecule is OC[C@H]1CCC2(OCCO2)[C@@H]1CO. The summed E-state index contributed by atoms with van der Waals surface area (Å²) in [7, 11) is 0. The van der Waals surface area contributed by atoms with Crippen LogP contribution in [0.25, 0.3) is 0 Å². The van der Waals surface area contributed by atoms with Crippen molar-refractivity contribution in [1.29, 1.82) is 0 Å². The Labute approximate surface area is 77.5 Å². The molecule has 2 rings (SSSR count). The summed E-state index contributed by atoms with van der Waals surface area (Å²) < 4.78 is 11.1. The first-order valence-corrected chi connectivity index (χ1v) is 4.82. The van der Waals surface area contributed by atoms with E-state index in [0.717, 1.165) is 12.8 Å². The van der Waals surface area contributed by atoms with Gasteiger partial charge in [0.2, 0.25) is 0 Å². The van der Waals surface area contributed by atoms with Gasteiger partial charge in [0.05, 0.1) is 19.8 Å². The van der Waals surface area contributed by atoms with Gasteiger partial charge in [-0.2, -0.15) is 0 Å². The number of hydrogen-bond donors (Lipinski definition) is 2. The van der Waals surface area contributed by atoms with Crippen LogP contribution >= 0.6 is 0 Å². The van der Waals surface area contributed by atoms with E-state index in [1.807, 2.05) is 0 Å². The van der Waals surface area contributed by atoms with Crippen molar-refractivity contribution in [2.75, 3.05) is 26.4 Å². The van der Waals surface area contributed by atoms with Crippen molar-refractivity contribution in [3.8, 4) is 0 Å². The van der Waals surface area contributed by atoms with Crippen molar-refractivity contribution < 1.29 is 19.7 Å². The Bertz CT molecular complexity index is 176. The van der Waals surface area contributed by atoms with E-state index in [1.54, 1.807) is 0 Å². The molecule has 0 amide bonds. The van der Waals surface area contributed by atoms with Gasteiger partial charge >= 0.3 is 0 Å². The fraction of sp³-hybridized carbons (Fsp3) is 1.00. The number of hydrogen-bond acceptors (Lipinski definition) is 4. The van der Waals surface area contributed by atoms with E-state index in [0.29, 0.717) is 13.2 Å². The average Bonchev–Trinajstić information content (AvgIpc) is 2.74. The molecule has 4 nitrogen and oxygen atoms in total. The third-order valence-electron chi connectivity index (χ3n) is 3.20. The third-order valence-corrected chi connectivity index (χ3v) is 3.20. The second-order valence-electron chi connectivity index (χ2n) is 3.78. The Balaban J connectivity index is 2.11. The molecule has 0 aromatic carbocycles. The molecule has 0 aromatic rings. The van der Waals surface area contributed by atoms with Crippen molar-refractivity contribution in [2.24, 2.45) is 11.8 Å². The molecule has 1 heterocycles. The molecule has 0 bridgehead atoms. The Morgan fingerprint density at radius 1 is 1.15 bits per heavy atom. The summed E-state index contributed by atoms with van der Waals surface area (Å²) in [5.74, 6) is -0.509. The van der Waals surface area contributed by atoms with Gasteiger partial charge < -0.3 is 19.7 Å². The van der Waals surface area contributed by atoms with Gasteiger partial charge in [-0.25, -0.2) is 0 Å². The molecule has 4 heteroatoms. The van der Waals surface area contributed by atoms with Crippen LogP contribution in [0.4, 0.5) is 0 Å². The fourth-order valence-electron chi connectivity index (χ4n) is 2.47. The van der Waals surface area contributed by atoms with Crippen LogP contribution in [-0.2, 0) is 9.47 Å². The molecule has 1 spiro atoms. The van der Waals surface area contributed by atoms with Crippen molar-refractivity contribution in [1.82, 2.24) is 0 Å². The predicted octanol–water partition coefficient (Wildman–Crippen LogP) is -0.260. The molecule has 76 valence electrons. The van der Waals surface area contributed by atoms with Crippen molar-refractivity contribution >= 4 is 0 Å². The number of aliphatic hydroxyl groups excluding tert-OH is 2. The zero-order chi connectivity index (χ0) is 9.31. The van der Waals surface area contributed by atoms with Crippen LogP contribution in [0.15, 0.2) is 0 Å². The first kappa shape index (κ1) is 9.40. The van der Waals surface area contributed by atoms with Crippen LogP contribution in [0.5, 0.6) is 0 Å². The molecule has 1 saturated carbocycles. The highest BCUT2D eigenvalue weighted by Crippen LogP contribution is 2.45. The molecule has 2 fully saturated rings.